The Kier molecular flexibility index (Phi) is 4.85. The molecule has 4 rings (SSSR count). The molecule has 0 fully saturated rings. The van der Waals surface area contributed by atoms with Crippen molar-refractivity contribution in [3.8, 4) is 5.69 Å². The molecule has 0 saturated heterocycles. The summed E-state index contributed by atoms with van der Waals surface area (Å²) in [5.74, 6) is 0.349. The van der Waals surface area contributed by atoms with Gasteiger partial charge in [-0.05, 0) is 60.2 Å². The molecular weight excluding hydrogens is 379 g/mol. The molecule has 0 amide bonds. The lowest BCUT2D eigenvalue weighted by atomic mass is 10.1. The Morgan fingerprint density at radius 1 is 1.11 bits per heavy atom. The van der Waals surface area contributed by atoms with Gasteiger partial charge in [-0.15, -0.1) is 11.3 Å². The van der Waals surface area contributed by atoms with Crippen molar-refractivity contribution in [2.24, 2.45) is 0 Å². The van der Waals surface area contributed by atoms with Gasteiger partial charge < -0.3 is 0 Å². The van der Waals surface area contributed by atoms with Gasteiger partial charge in [-0.2, -0.15) is 0 Å². The average molecular weight is 397 g/mol. The van der Waals surface area contributed by atoms with Crippen molar-refractivity contribution >= 4 is 33.3 Å². The summed E-state index contributed by atoms with van der Waals surface area (Å²) in [6.07, 6.45) is 0. The maximum Gasteiger partial charge on any atom is 0.276 e. The number of thioether (sulfide) groups is 1. The van der Waals surface area contributed by atoms with E-state index in [4.69, 9.17) is 4.98 Å². The largest absolute Gasteiger partial charge is 0.276 e. The lowest BCUT2D eigenvalue weighted by molar-refractivity contribution is 0.627. The van der Waals surface area contributed by atoms with E-state index < -0.39 is 0 Å². The number of hydrogen-bond acceptors (Lipinski definition) is 4. The van der Waals surface area contributed by atoms with Gasteiger partial charge in [-0.3, -0.25) is 9.36 Å². The van der Waals surface area contributed by atoms with E-state index in [0.717, 1.165) is 22.4 Å². The second-order valence-corrected chi connectivity index (χ2v) is 8.23. The number of aromatic nitrogens is 2. The fraction of sp³-hybridized carbons (Fsp3) is 0.143. The van der Waals surface area contributed by atoms with Gasteiger partial charge in [0.2, 0.25) is 0 Å². The van der Waals surface area contributed by atoms with Crippen molar-refractivity contribution in [2.45, 2.75) is 24.8 Å². The van der Waals surface area contributed by atoms with Crippen molar-refractivity contribution in [1.82, 2.24) is 9.55 Å². The summed E-state index contributed by atoms with van der Waals surface area (Å²) in [5, 5.41) is 2.53. The molecule has 0 saturated carbocycles. The zero-order chi connectivity index (χ0) is 19.0. The van der Waals surface area contributed by atoms with Crippen LogP contribution < -0.4 is 5.56 Å². The Balaban J connectivity index is 1.84. The minimum absolute atomic E-state index is 0.0506. The van der Waals surface area contributed by atoms with Crippen molar-refractivity contribution in [2.75, 3.05) is 0 Å². The van der Waals surface area contributed by atoms with Crippen LogP contribution in [0.25, 0.3) is 15.9 Å². The summed E-state index contributed by atoms with van der Waals surface area (Å²) in [5.41, 5.74) is 4.60. The standard InChI is InChI=1S/C21H17FN2OS2/c1-13-3-4-14(2)18(11-13)24-20(25)19-17(9-10-26-19)23-21(24)27-12-15-5-7-16(22)8-6-15/h3-11H,12H2,1-2H3. The zero-order valence-corrected chi connectivity index (χ0v) is 16.5. The van der Waals surface area contributed by atoms with Crippen LogP contribution in [0.15, 0.2) is 63.9 Å². The van der Waals surface area contributed by atoms with Crippen LogP contribution in [0.2, 0.25) is 0 Å². The Morgan fingerprint density at radius 2 is 1.89 bits per heavy atom. The molecule has 0 radical (unpaired) electrons. The molecule has 0 aliphatic rings. The molecule has 2 heterocycles. The highest BCUT2D eigenvalue weighted by Crippen LogP contribution is 2.27. The molecule has 4 aromatic rings. The van der Waals surface area contributed by atoms with Gasteiger partial charge in [0.25, 0.3) is 5.56 Å². The normalized spacial score (nSPS) is 11.2. The Morgan fingerprint density at radius 3 is 2.67 bits per heavy atom. The number of fused-ring (bicyclic) bond motifs is 1. The van der Waals surface area contributed by atoms with Gasteiger partial charge >= 0.3 is 0 Å². The van der Waals surface area contributed by atoms with E-state index in [-0.39, 0.29) is 11.4 Å². The minimum atomic E-state index is -0.256. The maximum atomic E-state index is 13.2. The van der Waals surface area contributed by atoms with E-state index in [2.05, 4.69) is 0 Å². The molecule has 6 heteroatoms. The van der Waals surface area contributed by atoms with Gasteiger partial charge in [0.1, 0.15) is 10.5 Å². The van der Waals surface area contributed by atoms with Crippen LogP contribution in [0.5, 0.6) is 0 Å². The topological polar surface area (TPSA) is 34.9 Å². The molecule has 0 N–H and O–H groups in total. The van der Waals surface area contributed by atoms with Gasteiger partial charge in [0.05, 0.1) is 11.2 Å². The summed E-state index contributed by atoms with van der Waals surface area (Å²) in [6, 6.07) is 14.3. The highest BCUT2D eigenvalue weighted by atomic mass is 32.2. The third-order valence-corrected chi connectivity index (χ3v) is 6.24. The van der Waals surface area contributed by atoms with Crippen molar-refractivity contribution in [3.05, 3.63) is 86.8 Å². The van der Waals surface area contributed by atoms with Crippen LogP contribution in [-0.2, 0) is 5.75 Å². The number of rotatable bonds is 4. The van der Waals surface area contributed by atoms with Crippen molar-refractivity contribution < 1.29 is 4.39 Å². The Labute approximate surface area is 164 Å². The molecule has 0 aliphatic heterocycles. The molecule has 136 valence electrons. The summed E-state index contributed by atoms with van der Waals surface area (Å²) in [6.45, 7) is 4.00. The third-order valence-electron chi connectivity index (χ3n) is 4.34. The molecule has 2 aromatic heterocycles. The second kappa shape index (κ2) is 7.29. The Hall–Kier alpha value is -2.44. The van der Waals surface area contributed by atoms with Gasteiger partial charge in [-0.1, -0.05) is 36.0 Å². The van der Waals surface area contributed by atoms with Gasteiger partial charge in [0.15, 0.2) is 5.16 Å². The molecule has 0 unspecified atom stereocenters. The Bertz CT molecular complexity index is 1180. The van der Waals surface area contributed by atoms with E-state index in [0.29, 0.717) is 21.1 Å². The van der Waals surface area contributed by atoms with Crippen LogP contribution in [-0.4, -0.2) is 9.55 Å². The maximum absolute atomic E-state index is 13.2. The summed E-state index contributed by atoms with van der Waals surface area (Å²) in [7, 11) is 0. The molecule has 0 aliphatic carbocycles. The highest BCUT2D eigenvalue weighted by molar-refractivity contribution is 7.98. The zero-order valence-electron chi connectivity index (χ0n) is 14.9. The first-order valence-electron chi connectivity index (χ1n) is 8.48. The second-order valence-electron chi connectivity index (χ2n) is 6.37. The van der Waals surface area contributed by atoms with Gasteiger partial charge in [-0.25, -0.2) is 9.37 Å². The van der Waals surface area contributed by atoms with Crippen LogP contribution in [0.4, 0.5) is 4.39 Å². The molecule has 2 aromatic carbocycles. The predicted molar refractivity (Wildman–Crippen MR) is 111 cm³/mol. The number of thiophene rings is 1. The SMILES string of the molecule is Cc1ccc(C)c(-n2c(SCc3ccc(F)cc3)nc3ccsc3c2=O)c1. The van der Waals surface area contributed by atoms with E-state index >= 15 is 0 Å². The lowest BCUT2D eigenvalue weighted by Crippen LogP contribution is -2.21. The number of benzene rings is 2. The first-order valence-corrected chi connectivity index (χ1v) is 10.3. The molecule has 27 heavy (non-hydrogen) atoms. The minimum Gasteiger partial charge on any atom is -0.267 e. The van der Waals surface area contributed by atoms with Crippen molar-refractivity contribution in [1.29, 1.82) is 0 Å². The van der Waals surface area contributed by atoms with E-state index in [1.807, 2.05) is 43.5 Å². The highest BCUT2D eigenvalue weighted by Gasteiger charge is 2.16. The quantitative estimate of drug-likeness (QED) is 0.338. The van der Waals surface area contributed by atoms with Crippen LogP contribution in [0.1, 0.15) is 16.7 Å². The molecular formula is C21H17FN2OS2. The van der Waals surface area contributed by atoms with E-state index in [1.165, 1.54) is 35.2 Å². The summed E-state index contributed by atoms with van der Waals surface area (Å²) < 4.78 is 15.5. The van der Waals surface area contributed by atoms with E-state index in [1.54, 1.807) is 16.7 Å². The molecule has 3 nitrogen and oxygen atoms in total. The molecule has 0 spiro atoms. The van der Waals surface area contributed by atoms with Gasteiger partial charge in [0, 0.05) is 5.75 Å². The summed E-state index contributed by atoms with van der Waals surface area (Å²) >= 11 is 2.89. The number of hydrogen-bond donors (Lipinski definition) is 0. The first kappa shape index (κ1) is 17.9. The monoisotopic (exact) mass is 396 g/mol. The van der Waals surface area contributed by atoms with Crippen LogP contribution in [0.3, 0.4) is 0 Å². The summed E-state index contributed by atoms with van der Waals surface area (Å²) in [4.78, 5) is 17.9. The lowest BCUT2D eigenvalue weighted by Gasteiger charge is -2.15. The number of aryl methyl sites for hydroxylation is 2. The molecule has 0 atom stereocenters. The fourth-order valence-corrected chi connectivity index (χ4v) is 4.61. The fourth-order valence-electron chi connectivity index (χ4n) is 2.89. The molecule has 0 bridgehead atoms. The third kappa shape index (κ3) is 3.55. The van der Waals surface area contributed by atoms with E-state index in [9.17, 15) is 9.18 Å². The van der Waals surface area contributed by atoms with Crippen LogP contribution >= 0.6 is 23.1 Å². The van der Waals surface area contributed by atoms with Crippen molar-refractivity contribution in [3.63, 3.8) is 0 Å². The smallest absolute Gasteiger partial charge is 0.267 e. The van der Waals surface area contributed by atoms with Crippen LogP contribution in [0, 0.1) is 19.7 Å². The predicted octanol–water partition coefficient (Wildman–Crippen LogP) is 5.50. The number of nitrogens with zero attached hydrogens (tertiary/aromatic N) is 2. The number of halogens is 1. The first-order chi connectivity index (χ1) is 13.0. The average Bonchev–Trinajstić information content (AvgIpc) is 3.13.